The van der Waals surface area contributed by atoms with E-state index in [0.29, 0.717) is 10.0 Å². The minimum Gasteiger partial charge on any atom is -0.365 e. The number of amides is 1. The first-order valence-electron chi connectivity index (χ1n) is 3.68. The highest BCUT2D eigenvalue weighted by atomic mass is 79.9. The highest BCUT2D eigenvalue weighted by Crippen LogP contribution is 2.29. The summed E-state index contributed by atoms with van der Waals surface area (Å²) in [7, 11) is 0. The van der Waals surface area contributed by atoms with Gasteiger partial charge in [0.1, 0.15) is 5.56 Å². The lowest BCUT2D eigenvalue weighted by atomic mass is 10.1. The van der Waals surface area contributed by atoms with E-state index in [1.54, 1.807) is 13.0 Å². The van der Waals surface area contributed by atoms with Crippen LogP contribution in [0.15, 0.2) is 16.6 Å². The normalized spacial score (nSPS) is 9.86. The third-order valence-corrected chi connectivity index (χ3v) is 2.67. The van der Waals surface area contributed by atoms with Crippen molar-refractivity contribution in [2.75, 3.05) is 0 Å². The molecule has 0 saturated carbocycles. The van der Waals surface area contributed by atoms with Gasteiger partial charge in [0.2, 0.25) is 0 Å². The first-order chi connectivity index (χ1) is 6.45. The molecular formula is C8H7BrN2O3. The maximum atomic E-state index is 10.9. The molecule has 1 aromatic rings. The van der Waals surface area contributed by atoms with Gasteiger partial charge in [0.15, 0.2) is 0 Å². The van der Waals surface area contributed by atoms with E-state index in [1.807, 2.05) is 0 Å². The molecule has 0 bridgehead atoms. The molecule has 14 heavy (non-hydrogen) atoms. The van der Waals surface area contributed by atoms with E-state index < -0.39 is 10.8 Å². The number of hydrogen-bond donors (Lipinski definition) is 1. The molecule has 0 radical (unpaired) electrons. The maximum absolute atomic E-state index is 10.9. The molecule has 0 spiro atoms. The molecule has 0 aliphatic carbocycles. The topological polar surface area (TPSA) is 86.2 Å². The van der Waals surface area contributed by atoms with Crippen molar-refractivity contribution in [3.8, 4) is 0 Å². The summed E-state index contributed by atoms with van der Waals surface area (Å²) in [4.78, 5) is 21.0. The van der Waals surface area contributed by atoms with Crippen molar-refractivity contribution in [1.29, 1.82) is 0 Å². The summed E-state index contributed by atoms with van der Waals surface area (Å²) in [6.07, 6.45) is 0. The van der Waals surface area contributed by atoms with Gasteiger partial charge in [-0.15, -0.1) is 0 Å². The molecule has 0 aromatic heterocycles. The van der Waals surface area contributed by atoms with Gasteiger partial charge >= 0.3 is 0 Å². The number of primary amides is 1. The summed E-state index contributed by atoms with van der Waals surface area (Å²) < 4.78 is 0.578. The molecule has 0 unspecified atom stereocenters. The second kappa shape index (κ2) is 3.75. The van der Waals surface area contributed by atoms with E-state index >= 15 is 0 Å². The average molecular weight is 259 g/mol. The number of nitrogens with zero attached hydrogens (tertiary/aromatic N) is 1. The molecule has 5 nitrogen and oxygen atoms in total. The van der Waals surface area contributed by atoms with Crippen molar-refractivity contribution in [1.82, 2.24) is 0 Å². The van der Waals surface area contributed by atoms with Crippen LogP contribution in [0.5, 0.6) is 0 Å². The first-order valence-corrected chi connectivity index (χ1v) is 4.47. The summed E-state index contributed by atoms with van der Waals surface area (Å²) >= 11 is 3.14. The van der Waals surface area contributed by atoms with Crippen LogP contribution < -0.4 is 5.73 Å². The van der Waals surface area contributed by atoms with Gasteiger partial charge in [0.25, 0.3) is 11.6 Å². The quantitative estimate of drug-likeness (QED) is 0.648. The fourth-order valence-corrected chi connectivity index (χ4v) is 1.43. The lowest BCUT2D eigenvalue weighted by Crippen LogP contribution is -2.14. The Bertz CT molecular complexity index is 417. The Morgan fingerprint density at radius 1 is 1.57 bits per heavy atom. The fraction of sp³-hybridized carbons (Fsp3) is 0.125. The monoisotopic (exact) mass is 258 g/mol. The molecule has 0 atom stereocenters. The summed E-state index contributed by atoms with van der Waals surface area (Å²) in [5.41, 5.74) is 5.09. The van der Waals surface area contributed by atoms with E-state index in [9.17, 15) is 14.9 Å². The van der Waals surface area contributed by atoms with Crippen molar-refractivity contribution < 1.29 is 9.72 Å². The zero-order valence-corrected chi connectivity index (χ0v) is 8.87. The van der Waals surface area contributed by atoms with E-state index in [4.69, 9.17) is 5.73 Å². The number of carbonyl (C=O) groups is 1. The molecular weight excluding hydrogens is 252 g/mol. The van der Waals surface area contributed by atoms with Gasteiger partial charge in [-0.05, 0) is 19.1 Å². The van der Waals surface area contributed by atoms with Crippen LogP contribution in [-0.2, 0) is 0 Å². The Balaban J connectivity index is 3.53. The Labute approximate surface area is 88.2 Å². The highest BCUT2D eigenvalue weighted by molar-refractivity contribution is 9.10. The number of nitro groups is 1. The fourth-order valence-electron chi connectivity index (χ4n) is 1.11. The van der Waals surface area contributed by atoms with Crippen molar-refractivity contribution in [3.05, 3.63) is 37.8 Å². The Morgan fingerprint density at radius 2 is 2.14 bits per heavy atom. The molecule has 1 aromatic carbocycles. The summed E-state index contributed by atoms with van der Waals surface area (Å²) in [5, 5.41) is 10.7. The maximum Gasteiger partial charge on any atom is 0.286 e. The third kappa shape index (κ3) is 1.74. The Hall–Kier alpha value is -1.43. The number of benzene rings is 1. The van der Waals surface area contributed by atoms with E-state index in [2.05, 4.69) is 15.9 Å². The zero-order chi connectivity index (χ0) is 10.9. The summed E-state index contributed by atoms with van der Waals surface area (Å²) in [6.45, 7) is 1.55. The molecule has 6 heteroatoms. The van der Waals surface area contributed by atoms with Gasteiger partial charge < -0.3 is 5.73 Å². The number of carbonyl (C=O) groups excluding carboxylic acids is 1. The minimum atomic E-state index is -0.799. The van der Waals surface area contributed by atoms with Crippen LogP contribution in [0.4, 0.5) is 5.69 Å². The second-order valence-corrected chi connectivity index (χ2v) is 3.54. The number of hydrogen-bond acceptors (Lipinski definition) is 3. The van der Waals surface area contributed by atoms with Gasteiger partial charge in [0.05, 0.1) is 4.92 Å². The highest BCUT2D eigenvalue weighted by Gasteiger charge is 2.22. The van der Waals surface area contributed by atoms with Crippen molar-refractivity contribution in [3.63, 3.8) is 0 Å². The summed E-state index contributed by atoms with van der Waals surface area (Å²) in [5.74, 6) is -0.799. The van der Waals surface area contributed by atoms with Crippen LogP contribution >= 0.6 is 15.9 Å². The smallest absolute Gasteiger partial charge is 0.286 e. The van der Waals surface area contributed by atoms with E-state index in [0.717, 1.165) is 0 Å². The van der Waals surface area contributed by atoms with Crippen LogP contribution in [0.25, 0.3) is 0 Å². The predicted molar refractivity (Wildman–Crippen MR) is 54.1 cm³/mol. The van der Waals surface area contributed by atoms with Crippen molar-refractivity contribution in [2.45, 2.75) is 6.92 Å². The van der Waals surface area contributed by atoms with Gasteiger partial charge in [0, 0.05) is 10.0 Å². The van der Waals surface area contributed by atoms with E-state index in [1.165, 1.54) is 6.07 Å². The van der Waals surface area contributed by atoms with Gasteiger partial charge in [-0.1, -0.05) is 15.9 Å². The Kier molecular flexibility index (Phi) is 2.85. The minimum absolute atomic E-state index is 0.0734. The second-order valence-electron chi connectivity index (χ2n) is 2.69. The van der Waals surface area contributed by atoms with Crippen LogP contribution in [0, 0.1) is 17.0 Å². The lowest BCUT2D eigenvalue weighted by Gasteiger charge is -2.03. The van der Waals surface area contributed by atoms with Gasteiger partial charge in [-0.25, -0.2) is 0 Å². The summed E-state index contributed by atoms with van der Waals surface area (Å²) in [6, 6.07) is 2.89. The molecule has 0 aliphatic rings. The van der Waals surface area contributed by atoms with Crippen molar-refractivity contribution in [2.24, 2.45) is 5.73 Å². The zero-order valence-electron chi connectivity index (χ0n) is 7.28. The van der Waals surface area contributed by atoms with Crippen LogP contribution in [0.1, 0.15) is 15.9 Å². The average Bonchev–Trinajstić information content (AvgIpc) is 2.08. The number of halogens is 1. The molecule has 1 rings (SSSR count). The SMILES string of the molecule is Cc1c(Br)ccc(C(N)=O)c1[N+](=O)[O-]. The van der Waals surface area contributed by atoms with E-state index in [-0.39, 0.29) is 11.3 Å². The predicted octanol–water partition coefficient (Wildman–Crippen LogP) is 1.76. The molecule has 0 fully saturated rings. The van der Waals surface area contributed by atoms with Crippen LogP contribution in [0.2, 0.25) is 0 Å². The van der Waals surface area contributed by atoms with Crippen molar-refractivity contribution >= 4 is 27.5 Å². The number of nitro benzene ring substituents is 1. The number of rotatable bonds is 2. The third-order valence-electron chi connectivity index (χ3n) is 1.81. The van der Waals surface area contributed by atoms with Crippen LogP contribution in [-0.4, -0.2) is 10.8 Å². The molecule has 74 valence electrons. The molecule has 0 aliphatic heterocycles. The molecule has 0 saturated heterocycles. The van der Waals surface area contributed by atoms with Gasteiger partial charge in [-0.2, -0.15) is 0 Å². The molecule has 0 heterocycles. The lowest BCUT2D eigenvalue weighted by molar-refractivity contribution is -0.385. The van der Waals surface area contributed by atoms with Gasteiger partial charge in [-0.3, -0.25) is 14.9 Å². The molecule has 1 amide bonds. The first kappa shape index (κ1) is 10.6. The number of nitrogens with two attached hydrogens (primary N) is 1. The Morgan fingerprint density at radius 3 is 2.57 bits per heavy atom. The molecule has 2 N–H and O–H groups in total. The largest absolute Gasteiger partial charge is 0.365 e. The van der Waals surface area contributed by atoms with Crippen LogP contribution in [0.3, 0.4) is 0 Å². The standard InChI is InChI=1S/C8H7BrN2O3/c1-4-6(9)3-2-5(8(10)12)7(4)11(13)14/h2-3H,1H3,(H2,10,12).